The van der Waals surface area contributed by atoms with E-state index >= 15 is 0 Å². The van der Waals surface area contributed by atoms with Crippen molar-refractivity contribution >= 4 is 27.7 Å². The summed E-state index contributed by atoms with van der Waals surface area (Å²) in [6.45, 7) is 0. The Morgan fingerprint density at radius 1 is 1.69 bits per heavy atom. The van der Waals surface area contributed by atoms with E-state index in [1.165, 1.54) is 7.11 Å². The van der Waals surface area contributed by atoms with Gasteiger partial charge in [-0.2, -0.15) is 0 Å². The van der Waals surface area contributed by atoms with E-state index < -0.39 is 12.4 Å². The minimum absolute atomic E-state index is 0.0580. The molecule has 0 aliphatic heterocycles. The number of rotatable bonds is 3. The lowest BCUT2D eigenvalue weighted by molar-refractivity contribution is -0.139. The van der Waals surface area contributed by atoms with Gasteiger partial charge in [0.1, 0.15) is 5.82 Å². The fourth-order valence-corrected chi connectivity index (χ4v) is 1.63. The van der Waals surface area contributed by atoms with Crippen LogP contribution in [0.5, 0.6) is 0 Å². The van der Waals surface area contributed by atoms with Crippen molar-refractivity contribution in [2.75, 3.05) is 12.8 Å². The van der Waals surface area contributed by atoms with Crippen molar-refractivity contribution in [3.63, 3.8) is 0 Å². The molecule has 0 aliphatic carbocycles. The van der Waals surface area contributed by atoms with Gasteiger partial charge in [-0.3, -0.25) is 4.79 Å². The molecule has 16 heavy (non-hydrogen) atoms. The largest absolute Gasteiger partial charge is 0.469 e. The average molecular weight is 295 g/mol. The molecule has 0 saturated carbocycles. The molecule has 1 aromatic heterocycles. The predicted octanol–water partition coefficient (Wildman–Crippen LogP) is 2.08. The van der Waals surface area contributed by atoms with Gasteiger partial charge in [0.15, 0.2) is 0 Å². The first-order valence-corrected chi connectivity index (χ1v) is 5.04. The third-order valence-corrected chi connectivity index (χ3v) is 2.76. The summed E-state index contributed by atoms with van der Waals surface area (Å²) in [5, 5.41) is 0. The lowest BCUT2D eigenvalue weighted by atomic mass is 10.2. The van der Waals surface area contributed by atoms with Crippen LogP contribution in [0.15, 0.2) is 10.5 Å². The molecule has 0 radical (unpaired) electrons. The second-order valence-electron chi connectivity index (χ2n) is 2.95. The minimum atomic E-state index is -2.68. The van der Waals surface area contributed by atoms with Crippen LogP contribution in [0.25, 0.3) is 0 Å². The van der Waals surface area contributed by atoms with Gasteiger partial charge < -0.3 is 10.5 Å². The smallest absolute Gasteiger partial charge is 0.311 e. The first-order valence-electron chi connectivity index (χ1n) is 4.25. The topological polar surface area (TPSA) is 65.2 Å². The molecule has 0 aromatic carbocycles. The summed E-state index contributed by atoms with van der Waals surface area (Å²) in [5.41, 5.74) is 5.22. The summed E-state index contributed by atoms with van der Waals surface area (Å²) in [7, 11) is 1.20. The van der Waals surface area contributed by atoms with Gasteiger partial charge in [0.25, 0.3) is 6.43 Å². The number of hydrogen-bond donors (Lipinski definition) is 1. The highest BCUT2D eigenvalue weighted by Gasteiger charge is 2.18. The third kappa shape index (κ3) is 2.88. The molecule has 2 N–H and O–H groups in total. The molecule has 0 amide bonds. The highest BCUT2D eigenvalue weighted by molar-refractivity contribution is 9.10. The standard InChI is InChI=1S/C9H9BrF2N2O2/c1-16-7(15)3-5-8(10)4(9(11)12)2-6(13)14-5/h2,9H,3H2,1H3,(H2,13,14). The Labute approximate surface area is 98.9 Å². The zero-order valence-corrected chi connectivity index (χ0v) is 9.92. The SMILES string of the molecule is COC(=O)Cc1nc(N)cc(C(F)F)c1Br. The van der Waals surface area contributed by atoms with E-state index in [9.17, 15) is 13.6 Å². The lowest BCUT2D eigenvalue weighted by Crippen LogP contribution is -2.09. The summed E-state index contributed by atoms with van der Waals surface area (Å²) < 4.78 is 29.7. The number of aromatic nitrogens is 1. The third-order valence-electron chi connectivity index (χ3n) is 1.85. The maximum absolute atomic E-state index is 12.6. The molecule has 0 saturated heterocycles. The van der Waals surface area contributed by atoms with Crippen LogP contribution in [0.1, 0.15) is 17.7 Å². The maximum Gasteiger partial charge on any atom is 0.311 e. The van der Waals surface area contributed by atoms with E-state index in [-0.39, 0.29) is 28.0 Å². The summed E-state index contributed by atoms with van der Waals surface area (Å²) >= 11 is 2.97. The Hall–Kier alpha value is -1.24. The molecule has 0 atom stereocenters. The molecule has 1 rings (SSSR count). The monoisotopic (exact) mass is 294 g/mol. The van der Waals surface area contributed by atoms with E-state index in [4.69, 9.17) is 5.73 Å². The van der Waals surface area contributed by atoms with Crippen LogP contribution in [-0.2, 0) is 16.0 Å². The van der Waals surface area contributed by atoms with E-state index in [1.54, 1.807) is 0 Å². The number of carbonyl (C=O) groups is 1. The quantitative estimate of drug-likeness (QED) is 0.867. The Bertz CT molecular complexity index is 413. The van der Waals surface area contributed by atoms with Gasteiger partial charge in [-0.25, -0.2) is 13.8 Å². The maximum atomic E-state index is 12.6. The summed E-state index contributed by atoms with van der Waals surface area (Å²) in [4.78, 5) is 14.8. The number of alkyl halides is 2. The van der Waals surface area contributed by atoms with Crippen LogP contribution in [0.2, 0.25) is 0 Å². The molecule has 0 unspecified atom stereocenters. The number of nitrogens with zero attached hydrogens (tertiary/aromatic N) is 1. The molecule has 0 aliphatic rings. The fourth-order valence-electron chi connectivity index (χ4n) is 1.11. The second kappa shape index (κ2) is 5.20. The average Bonchev–Trinajstić information content (AvgIpc) is 2.22. The van der Waals surface area contributed by atoms with Gasteiger partial charge in [0, 0.05) is 10.0 Å². The van der Waals surface area contributed by atoms with Crippen molar-refractivity contribution < 1.29 is 18.3 Å². The zero-order chi connectivity index (χ0) is 12.3. The molecular weight excluding hydrogens is 286 g/mol. The molecule has 7 heteroatoms. The zero-order valence-electron chi connectivity index (χ0n) is 8.34. The van der Waals surface area contributed by atoms with Crippen molar-refractivity contribution in [1.29, 1.82) is 0 Å². The molecule has 0 fully saturated rings. The van der Waals surface area contributed by atoms with Crippen LogP contribution >= 0.6 is 15.9 Å². The van der Waals surface area contributed by atoms with Crippen molar-refractivity contribution in [3.8, 4) is 0 Å². The summed E-state index contributed by atoms with van der Waals surface area (Å²) in [6.07, 6.45) is -2.89. The molecule has 88 valence electrons. The van der Waals surface area contributed by atoms with Crippen LogP contribution < -0.4 is 5.73 Å². The summed E-state index contributed by atoms with van der Waals surface area (Å²) in [5.74, 6) is -0.628. The fraction of sp³-hybridized carbons (Fsp3) is 0.333. The number of pyridine rings is 1. The first kappa shape index (κ1) is 12.8. The number of nitrogen functional groups attached to an aromatic ring is 1. The van der Waals surface area contributed by atoms with Gasteiger partial charge in [-0.1, -0.05) is 0 Å². The number of anilines is 1. The van der Waals surface area contributed by atoms with Gasteiger partial charge >= 0.3 is 5.97 Å². The lowest BCUT2D eigenvalue weighted by Gasteiger charge is -2.09. The van der Waals surface area contributed by atoms with E-state index in [1.807, 2.05) is 0 Å². The molecule has 0 spiro atoms. The van der Waals surface area contributed by atoms with E-state index in [2.05, 4.69) is 25.7 Å². The Kier molecular flexibility index (Phi) is 4.17. The van der Waals surface area contributed by atoms with Gasteiger partial charge in [0.2, 0.25) is 0 Å². The van der Waals surface area contributed by atoms with Crippen molar-refractivity contribution in [2.24, 2.45) is 0 Å². The molecule has 1 heterocycles. The normalized spacial score (nSPS) is 10.6. The van der Waals surface area contributed by atoms with Gasteiger partial charge in [-0.15, -0.1) is 0 Å². The van der Waals surface area contributed by atoms with Gasteiger partial charge in [-0.05, 0) is 22.0 Å². The Morgan fingerprint density at radius 2 is 2.31 bits per heavy atom. The van der Waals surface area contributed by atoms with Crippen LogP contribution in [0.3, 0.4) is 0 Å². The number of nitrogens with two attached hydrogens (primary N) is 1. The molecule has 1 aromatic rings. The Balaban J connectivity index is 3.14. The number of ether oxygens (including phenoxy) is 1. The van der Waals surface area contributed by atoms with Crippen molar-refractivity contribution in [2.45, 2.75) is 12.8 Å². The number of carbonyl (C=O) groups excluding carboxylic acids is 1. The minimum Gasteiger partial charge on any atom is -0.469 e. The number of methoxy groups -OCH3 is 1. The van der Waals surface area contributed by atoms with Crippen molar-refractivity contribution in [1.82, 2.24) is 4.98 Å². The van der Waals surface area contributed by atoms with Gasteiger partial charge in [0.05, 0.1) is 19.2 Å². The molecular formula is C9H9BrF2N2O2. The highest BCUT2D eigenvalue weighted by atomic mass is 79.9. The van der Waals surface area contributed by atoms with Crippen LogP contribution in [0.4, 0.5) is 14.6 Å². The van der Waals surface area contributed by atoms with E-state index in [0.29, 0.717) is 0 Å². The number of hydrogen-bond acceptors (Lipinski definition) is 4. The highest BCUT2D eigenvalue weighted by Crippen LogP contribution is 2.31. The molecule has 4 nitrogen and oxygen atoms in total. The Morgan fingerprint density at radius 3 is 2.81 bits per heavy atom. The van der Waals surface area contributed by atoms with Crippen LogP contribution in [0, 0.1) is 0 Å². The first-order chi connectivity index (χ1) is 7.45. The van der Waals surface area contributed by atoms with E-state index in [0.717, 1.165) is 6.07 Å². The number of halogens is 3. The number of esters is 1. The second-order valence-corrected chi connectivity index (χ2v) is 3.74. The van der Waals surface area contributed by atoms with Crippen molar-refractivity contribution in [3.05, 3.63) is 21.8 Å². The summed E-state index contributed by atoms with van der Waals surface area (Å²) in [6, 6.07) is 1.07. The predicted molar refractivity (Wildman–Crippen MR) is 57.0 cm³/mol. The molecule has 0 bridgehead atoms. The van der Waals surface area contributed by atoms with Crippen LogP contribution in [-0.4, -0.2) is 18.1 Å².